The smallest absolute Gasteiger partial charge is 0.173 e. The first-order chi connectivity index (χ1) is 6.60. The summed E-state index contributed by atoms with van der Waals surface area (Å²) in [6, 6.07) is 5.16. The predicted molar refractivity (Wildman–Crippen MR) is 58.4 cm³/mol. The first-order valence-corrected chi connectivity index (χ1v) is 5.11. The number of nitrogens with zero attached hydrogens (tertiary/aromatic N) is 1. The van der Waals surface area contributed by atoms with Crippen molar-refractivity contribution in [2.24, 2.45) is 0 Å². The van der Waals surface area contributed by atoms with E-state index in [4.69, 9.17) is 11.0 Å². The van der Waals surface area contributed by atoms with Crippen LogP contribution in [0.5, 0.6) is 0 Å². The molecule has 0 saturated carbocycles. The van der Waals surface area contributed by atoms with Gasteiger partial charge in [0.25, 0.3) is 0 Å². The Morgan fingerprint density at radius 3 is 2.79 bits per heavy atom. The Balaban J connectivity index is 3.30. The first-order valence-electron chi connectivity index (χ1n) is 3.99. The van der Waals surface area contributed by atoms with Crippen molar-refractivity contribution in [2.45, 2.75) is 6.92 Å². The summed E-state index contributed by atoms with van der Waals surface area (Å²) in [4.78, 5) is 11.4. The molecule has 0 atom stereocenters. The molecule has 0 fully saturated rings. The van der Waals surface area contributed by atoms with E-state index >= 15 is 0 Å². The zero-order chi connectivity index (χ0) is 10.7. The van der Waals surface area contributed by atoms with Gasteiger partial charge in [-0.1, -0.05) is 15.9 Å². The van der Waals surface area contributed by atoms with Crippen molar-refractivity contribution in [1.82, 2.24) is 0 Å². The maximum Gasteiger partial charge on any atom is 0.173 e. The average molecular weight is 253 g/mol. The fourth-order valence-electron chi connectivity index (χ4n) is 1.19. The van der Waals surface area contributed by atoms with Crippen LogP contribution in [0.15, 0.2) is 12.1 Å². The van der Waals surface area contributed by atoms with E-state index in [2.05, 4.69) is 15.9 Å². The van der Waals surface area contributed by atoms with Crippen LogP contribution in [0.3, 0.4) is 0 Å². The molecule has 0 heterocycles. The second-order valence-electron chi connectivity index (χ2n) is 2.92. The quantitative estimate of drug-likeness (QED) is 0.498. The monoisotopic (exact) mass is 252 g/mol. The van der Waals surface area contributed by atoms with Crippen LogP contribution in [0.2, 0.25) is 0 Å². The molecule has 0 aromatic heterocycles. The second kappa shape index (κ2) is 4.25. The van der Waals surface area contributed by atoms with Crippen LogP contribution >= 0.6 is 15.9 Å². The van der Waals surface area contributed by atoms with E-state index in [1.165, 1.54) is 0 Å². The number of nitriles is 1. The van der Waals surface area contributed by atoms with Crippen LogP contribution in [0, 0.1) is 18.3 Å². The van der Waals surface area contributed by atoms with Gasteiger partial charge < -0.3 is 5.73 Å². The Labute approximate surface area is 90.7 Å². The number of hydrogen-bond donors (Lipinski definition) is 1. The highest BCUT2D eigenvalue weighted by atomic mass is 79.9. The molecule has 1 aromatic carbocycles. The maximum atomic E-state index is 11.4. The molecular weight excluding hydrogens is 244 g/mol. The third-order valence-electron chi connectivity index (χ3n) is 1.94. The van der Waals surface area contributed by atoms with Gasteiger partial charge in [-0.05, 0) is 24.6 Å². The Hall–Kier alpha value is -1.34. The zero-order valence-corrected chi connectivity index (χ0v) is 9.26. The largest absolute Gasteiger partial charge is 0.398 e. The lowest BCUT2D eigenvalue weighted by atomic mass is 10.0. The van der Waals surface area contributed by atoms with Gasteiger partial charge in [-0.2, -0.15) is 5.26 Å². The third-order valence-corrected chi connectivity index (χ3v) is 2.45. The molecule has 72 valence electrons. The molecule has 0 spiro atoms. The van der Waals surface area contributed by atoms with Gasteiger partial charge in [0.2, 0.25) is 0 Å². The minimum Gasteiger partial charge on any atom is -0.398 e. The Morgan fingerprint density at radius 1 is 1.64 bits per heavy atom. The number of Topliss-reactive ketones (excluding diaryl/α,β-unsaturated/α-hetero) is 1. The summed E-state index contributed by atoms with van der Waals surface area (Å²) in [5, 5.41) is 8.97. The van der Waals surface area contributed by atoms with Gasteiger partial charge in [0.15, 0.2) is 5.78 Å². The number of halogens is 1. The van der Waals surface area contributed by atoms with Crippen LogP contribution in [-0.4, -0.2) is 11.1 Å². The summed E-state index contributed by atoms with van der Waals surface area (Å²) in [6.45, 7) is 1.79. The zero-order valence-electron chi connectivity index (χ0n) is 7.67. The van der Waals surface area contributed by atoms with Crippen molar-refractivity contribution in [3.63, 3.8) is 0 Å². The normalized spacial score (nSPS) is 9.50. The van der Waals surface area contributed by atoms with Crippen molar-refractivity contribution in [1.29, 1.82) is 5.26 Å². The number of ketones is 1. The van der Waals surface area contributed by atoms with Gasteiger partial charge in [-0.25, -0.2) is 0 Å². The molecule has 0 amide bonds. The van der Waals surface area contributed by atoms with Crippen LogP contribution in [0.4, 0.5) is 5.69 Å². The fourth-order valence-corrected chi connectivity index (χ4v) is 1.50. The lowest BCUT2D eigenvalue weighted by molar-refractivity contribution is 0.102. The number of carbonyl (C=O) groups excluding carboxylic acids is 1. The predicted octanol–water partition coefficient (Wildman–Crippen LogP) is 2.03. The van der Waals surface area contributed by atoms with E-state index in [9.17, 15) is 4.79 Å². The number of nitrogen functional groups attached to an aromatic ring is 1. The molecule has 0 radical (unpaired) electrons. The molecule has 3 nitrogen and oxygen atoms in total. The number of carbonyl (C=O) groups is 1. The number of benzene rings is 1. The van der Waals surface area contributed by atoms with Gasteiger partial charge in [0.1, 0.15) is 6.07 Å². The summed E-state index contributed by atoms with van der Waals surface area (Å²) in [5.74, 6) is -0.0290. The van der Waals surface area contributed by atoms with E-state index in [0.29, 0.717) is 16.8 Å². The lowest BCUT2D eigenvalue weighted by Crippen LogP contribution is -2.05. The summed E-state index contributed by atoms with van der Waals surface area (Å²) >= 11 is 3.09. The average Bonchev–Trinajstić information content (AvgIpc) is 2.19. The first kappa shape index (κ1) is 10.7. The molecule has 1 aromatic rings. The van der Waals surface area contributed by atoms with E-state index in [1.807, 2.05) is 6.07 Å². The SMILES string of the molecule is Cc1cc(C#N)c(N)cc1C(=O)CBr. The number of hydrogen-bond acceptors (Lipinski definition) is 3. The second-order valence-corrected chi connectivity index (χ2v) is 3.48. The number of anilines is 1. The Kier molecular flexibility index (Phi) is 3.26. The van der Waals surface area contributed by atoms with Crippen molar-refractivity contribution in [3.05, 3.63) is 28.8 Å². The van der Waals surface area contributed by atoms with Crippen molar-refractivity contribution in [2.75, 3.05) is 11.1 Å². The van der Waals surface area contributed by atoms with E-state index in [-0.39, 0.29) is 11.1 Å². The molecule has 0 unspecified atom stereocenters. The Bertz CT molecular complexity index is 421. The van der Waals surface area contributed by atoms with Crippen LogP contribution in [0.25, 0.3) is 0 Å². The summed E-state index contributed by atoms with van der Waals surface area (Å²) in [7, 11) is 0. The van der Waals surface area contributed by atoms with Crippen molar-refractivity contribution >= 4 is 27.4 Å². The minimum absolute atomic E-state index is 0.0290. The molecule has 0 aliphatic heterocycles. The van der Waals surface area contributed by atoms with Gasteiger partial charge in [-0.3, -0.25) is 4.79 Å². The summed E-state index contributed by atoms with van der Waals surface area (Å²) in [5.41, 5.74) is 7.71. The van der Waals surface area contributed by atoms with Gasteiger partial charge in [0, 0.05) is 5.56 Å². The molecular formula is C10H9BrN2O. The van der Waals surface area contributed by atoms with Gasteiger partial charge in [-0.15, -0.1) is 0 Å². The molecule has 0 aliphatic carbocycles. The maximum absolute atomic E-state index is 11.4. The number of alkyl halides is 1. The number of nitrogens with two attached hydrogens (primary N) is 1. The van der Waals surface area contributed by atoms with E-state index in [0.717, 1.165) is 5.56 Å². The summed E-state index contributed by atoms with van der Waals surface area (Å²) < 4.78 is 0. The molecule has 1 rings (SSSR count). The molecule has 0 bridgehead atoms. The lowest BCUT2D eigenvalue weighted by Gasteiger charge is -2.05. The van der Waals surface area contributed by atoms with Crippen molar-refractivity contribution in [3.8, 4) is 6.07 Å². The third kappa shape index (κ3) is 1.94. The van der Waals surface area contributed by atoms with E-state index in [1.54, 1.807) is 19.1 Å². The topological polar surface area (TPSA) is 66.9 Å². The Morgan fingerprint density at radius 2 is 2.29 bits per heavy atom. The molecule has 4 heteroatoms. The number of aryl methyl sites for hydroxylation is 1. The highest BCUT2D eigenvalue weighted by molar-refractivity contribution is 9.09. The van der Waals surface area contributed by atoms with Gasteiger partial charge in [0.05, 0.1) is 16.6 Å². The fraction of sp³-hybridized carbons (Fsp3) is 0.200. The molecule has 0 saturated heterocycles. The highest BCUT2D eigenvalue weighted by Gasteiger charge is 2.10. The van der Waals surface area contributed by atoms with Crippen LogP contribution in [0.1, 0.15) is 21.5 Å². The van der Waals surface area contributed by atoms with E-state index < -0.39 is 0 Å². The standard InChI is InChI=1S/C10H9BrN2O/c1-6-2-7(5-12)9(13)3-8(6)10(14)4-11/h2-3H,4,13H2,1H3. The van der Waals surface area contributed by atoms with Crippen molar-refractivity contribution < 1.29 is 4.79 Å². The van der Waals surface area contributed by atoms with Crippen LogP contribution in [-0.2, 0) is 0 Å². The highest BCUT2D eigenvalue weighted by Crippen LogP contribution is 2.18. The number of rotatable bonds is 2. The molecule has 0 aliphatic rings. The minimum atomic E-state index is -0.0290. The molecule has 2 N–H and O–H groups in total. The van der Waals surface area contributed by atoms with Crippen LogP contribution < -0.4 is 5.73 Å². The molecule has 14 heavy (non-hydrogen) atoms. The summed E-state index contributed by atoms with van der Waals surface area (Å²) in [6.07, 6.45) is 0. The van der Waals surface area contributed by atoms with Gasteiger partial charge >= 0.3 is 0 Å².